The van der Waals surface area contributed by atoms with Crippen molar-refractivity contribution in [3.8, 4) is 0 Å². The van der Waals surface area contributed by atoms with Crippen LogP contribution in [0.4, 0.5) is 10.3 Å². The maximum Gasteiger partial charge on any atom is 0.226 e. The van der Waals surface area contributed by atoms with E-state index < -0.39 is 0 Å². The maximum atomic E-state index is 13.1. The highest BCUT2D eigenvalue weighted by Gasteiger charge is 2.08. The molecular formula is C13H14FN5O. The predicted octanol–water partition coefficient (Wildman–Crippen LogP) is 1.35. The van der Waals surface area contributed by atoms with E-state index in [1.165, 1.54) is 24.4 Å². The van der Waals surface area contributed by atoms with E-state index in [0.717, 1.165) is 5.56 Å². The lowest BCUT2D eigenvalue weighted by Crippen LogP contribution is -2.22. The van der Waals surface area contributed by atoms with E-state index >= 15 is 0 Å². The molecule has 1 heterocycles. The number of rotatable bonds is 4. The molecule has 6 nitrogen and oxygen atoms in total. The Morgan fingerprint density at radius 1 is 1.45 bits per heavy atom. The van der Waals surface area contributed by atoms with Crippen LogP contribution in [0.5, 0.6) is 0 Å². The van der Waals surface area contributed by atoms with E-state index in [9.17, 15) is 4.39 Å². The van der Waals surface area contributed by atoms with Crippen LogP contribution in [0.2, 0.25) is 0 Å². The van der Waals surface area contributed by atoms with Gasteiger partial charge in [-0.15, -0.1) is 0 Å². The fourth-order valence-electron chi connectivity index (χ4n) is 1.71. The van der Waals surface area contributed by atoms with Gasteiger partial charge in [0.1, 0.15) is 11.5 Å². The van der Waals surface area contributed by atoms with Crippen LogP contribution in [0.3, 0.4) is 0 Å². The minimum Gasteiger partial charge on any atom is -0.409 e. The number of aromatic nitrogens is 2. The minimum absolute atomic E-state index is 0.0900. The molecule has 0 aliphatic heterocycles. The predicted molar refractivity (Wildman–Crippen MR) is 73.0 cm³/mol. The van der Waals surface area contributed by atoms with Gasteiger partial charge < -0.3 is 15.8 Å². The molecule has 0 unspecified atom stereocenters. The van der Waals surface area contributed by atoms with Crippen LogP contribution >= 0.6 is 0 Å². The monoisotopic (exact) mass is 275 g/mol. The van der Waals surface area contributed by atoms with Gasteiger partial charge in [-0.2, -0.15) is 0 Å². The largest absolute Gasteiger partial charge is 0.409 e. The molecule has 0 amide bonds. The molecule has 2 aromatic rings. The highest BCUT2D eigenvalue weighted by Crippen LogP contribution is 2.11. The molecule has 1 aromatic heterocycles. The lowest BCUT2D eigenvalue weighted by molar-refractivity contribution is 0.318. The number of nitrogens with zero attached hydrogens (tertiary/aromatic N) is 4. The summed E-state index contributed by atoms with van der Waals surface area (Å²) in [7, 11) is 1.77. The molecule has 2 rings (SSSR count). The molecule has 0 saturated carbocycles. The van der Waals surface area contributed by atoms with Gasteiger partial charge >= 0.3 is 0 Å². The Labute approximate surface area is 115 Å². The van der Waals surface area contributed by atoms with Gasteiger partial charge in [-0.05, 0) is 23.8 Å². The van der Waals surface area contributed by atoms with E-state index in [-0.39, 0.29) is 11.7 Å². The van der Waals surface area contributed by atoms with Crippen LogP contribution < -0.4 is 10.6 Å². The summed E-state index contributed by atoms with van der Waals surface area (Å²) in [4.78, 5) is 10.0. The Balaban J connectivity index is 2.19. The van der Waals surface area contributed by atoms with Gasteiger partial charge in [-0.1, -0.05) is 17.3 Å². The zero-order valence-corrected chi connectivity index (χ0v) is 10.9. The second kappa shape index (κ2) is 5.96. The van der Waals surface area contributed by atoms with Gasteiger partial charge in [0.2, 0.25) is 5.95 Å². The van der Waals surface area contributed by atoms with E-state index in [4.69, 9.17) is 10.9 Å². The van der Waals surface area contributed by atoms with Crippen molar-refractivity contribution in [3.63, 3.8) is 0 Å². The molecular weight excluding hydrogens is 261 g/mol. The molecule has 0 aliphatic rings. The van der Waals surface area contributed by atoms with Crippen LogP contribution in [0.1, 0.15) is 11.3 Å². The molecule has 0 radical (unpaired) electrons. The minimum atomic E-state index is -0.290. The van der Waals surface area contributed by atoms with Crippen LogP contribution in [-0.4, -0.2) is 28.1 Å². The SMILES string of the molecule is CN(Cc1cccc(F)c1)c1nccc(/C(N)=N/O)n1. The summed E-state index contributed by atoms with van der Waals surface area (Å²) in [5.74, 6) is 0.0217. The molecule has 20 heavy (non-hydrogen) atoms. The molecule has 0 spiro atoms. The topological polar surface area (TPSA) is 87.6 Å². The quantitative estimate of drug-likeness (QED) is 0.380. The first kappa shape index (κ1) is 13.7. The van der Waals surface area contributed by atoms with E-state index in [1.807, 2.05) is 6.07 Å². The second-order valence-electron chi connectivity index (χ2n) is 4.21. The van der Waals surface area contributed by atoms with Crippen molar-refractivity contribution in [1.29, 1.82) is 0 Å². The van der Waals surface area contributed by atoms with Crippen LogP contribution in [-0.2, 0) is 6.54 Å². The zero-order chi connectivity index (χ0) is 14.5. The smallest absolute Gasteiger partial charge is 0.226 e. The summed E-state index contributed by atoms with van der Waals surface area (Å²) in [6, 6.07) is 7.83. The van der Waals surface area contributed by atoms with Crippen molar-refractivity contribution in [2.75, 3.05) is 11.9 Å². The number of oxime groups is 1. The molecule has 7 heteroatoms. The third-order valence-corrected chi connectivity index (χ3v) is 2.66. The Kier molecular flexibility index (Phi) is 4.09. The third kappa shape index (κ3) is 3.19. The zero-order valence-electron chi connectivity index (χ0n) is 10.9. The van der Waals surface area contributed by atoms with E-state index in [2.05, 4.69) is 15.1 Å². The molecule has 3 N–H and O–H groups in total. The summed E-state index contributed by atoms with van der Waals surface area (Å²) in [5, 5.41) is 11.5. The van der Waals surface area contributed by atoms with Crippen molar-refractivity contribution in [2.45, 2.75) is 6.54 Å². The Morgan fingerprint density at radius 2 is 2.25 bits per heavy atom. The highest BCUT2D eigenvalue weighted by molar-refractivity contribution is 5.95. The summed E-state index contributed by atoms with van der Waals surface area (Å²) < 4.78 is 13.1. The molecule has 0 bridgehead atoms. The lowest BCUT2D eigenvalue weighted by Gasteiger charge is -2.17. The summed E-state index contributed by atoms with van der Waals surface area (Å²) in [5.41, 5.74) is 6.60. The van der Waals surface area contributed by atoms with Crippen molar-refractivity contribution < 1.29 is 9.60 Å². The van der Waals surface area contributed by atoms with E-state index in [0.29, 0.717) is 18.2 Å². The normalized spacial score (nSPS) is 11.4. The number of hydrogen-bond donors (Lipinski definition) is 2. The Hall–Kier alpha value is -2.70. The van der Waals surface area contributed by atoms with Crippen LogP contribution in [0.15, 0.2) is 41.7 Å². The Morgan fingerprint density at radius 3 is 2.95 bits per heavy atom. The van der Waals surface area contributed by atoms with Crippen molar-refractivity contribution in [3.05, 3.63) is 53.6 Å². The average molecular weight is 275 g/mol. The number of halogens is 1. The molecule has 0 aliphatic carbocycles. The summed E-state index contributed by atoms with van der Waals surface area (Å²) in [6.45, 7) is 0.442. The first-order valence-corrected chi connectivity index (χ1v) is 5.86. The molecule has 0 saturated heterocycles. The third-order valence-electron chi connectivity index (χ3n) is 2.66. The van der Waals surface area contributed by atoms with Gasteiger partial charge in [0.15, 0.2) is 5.84 Å². The van der Waals surface area contributed by atoms with Crippen LogP contribution in [0, 0.1) is 5.82 Å². The van der Waals surface area contributed by atoms with Crippen molar-refractivity contribution >= 4 is 11.8 Å². The second-order valence-corrected chi connectivity index (χ2v) is 4.21. The Bertz CT molecular complexity index is 632. The molecule has 0 atom stereocenters. The van der Waals surface area contributed by atoms with Gasteiger partial charge in [-0.25, -0.2) is 14.4 Å². The summed E-state index contributed by atoms with van der Waals surface area (Å²) >= 11 is 0. The molecule has 104 valence electrons. The molecule has 0 fully saturated rings. The van der Waals surface area contributed by atoms with Gasteiger partial charge in [0, 0.05) is 19.8 Å². The highest BCUT2D eigenvalue weighted by atomic mass is 19.1. The number of hydrogen-bond acceptors (Lipinski definition) is 5. The number of benzene rings is 1. The first-order valence-electron chi connectivity index (χ1n) is 5.86. The number of amidine groups is 1. The van der Waals surface area contributed by atoms with Gasteiger partial charge in [-0.3, -0.25) is 0 Å². The first-order chi connectivity index (χ1) is 9.60. The van der Waals surface area contributed by atoms with Crippen LogP contribution in [0.25, 0.3) is 0 Å². The standard InChI is InChI=1S/C13H14FN5O/c1-19(8-9-3-2-4-10(14)7-9)13-16-6-5-11(17-13)12(15)18-20/h2-7,20H,8H2,1H3,(H2,15,18). The fourth-order valence-corrected chi connectivity index (χ4v) is 1.71. The van der Waals surface area contributed by atoms with Crippen molar-refractivity contribution in [1.82, 2.24) is 9.97 Å². The summed E-state index contributed by atoms with van der Waals surface area (Å²) in [6.07, 6.45) is 1.51. The lowest BCUT2D eigenvalue weighted by atomic mass is 10.2. The molecule has 1 aromatic carbocycles. The number of anilines is 1. The maximum absolute atomic E-state index is 13.1. The van der Waals surface area contributed by atoms with Gasteiger partial charge in [0.05, 0.1) is 0 Å². The van der Waals surface area contributed by atoms with E-state index in [1.54, 1.807) is 18.0 Å². The van der Waals surface area contributed by atoms with Crippen molar-refractivity contribution in [2.24, 2.45) is 10.9 Å². The van der Waals surface area contributed by atoms with Gasteiger partial charge in [0.25, 0.3) is 0 Å². The number of nitrogens with two attached hydrogens (primary N) is 1. The average Bonchev–Trinajstić information content (AvgIpc) is 2.46. The fraction of sp³-hybridized carbons (Fsp3) is 0.154.